The van der Waals surface area contributed by atoms with Crippen molar-refractivity contribution in [2.45, 2.75) is 19.8 Å². The Morgan fingerprint density at radius 3 is 2.48 bits per heavy atom. The summed E-state index contributed by atoms with van der Waals surface area (Å²) in [5.74, 6) is 2.01. The zero-order valence-electron chi connectivity index (χ0n) is 15.1. The molecule has 1 aliphatic rings. The van der Waals surface area contributed by atoms with Gasteiger partial charge in [0.2, 0.25) is 0 Å². The number of nitrogens with zero attached hydrogens (tertiary/aromatic N) is 4. The highest BCUT2D eigenvalue weighted by atomic mass is 16.1. The monoisotopic (exact) mass is 339 g/mol. The van der Waals surface area contributed by atoms with Crippen LogP contribution in [-0.4, -0.2) is 43.1 Å². The number of nitrogens with one attached hydrogen (secondary N) is 1. The highest BCUT2D eigenvalue weighted by Gasteiger charge is 2.17. The molecule has 1 N–H and O–H groups in total. The van der Waals surface area contributed by atoms with Crippen LogP contribution < -0.4 is 15.1 Å². The van der Waals surface area contributed by atoms with Gasteiger partial charge in [0, 0.05) is 44.5 Å². The van der Waals surface area contributed by atoms with Crippen LogP contribution in [0, 0.1) is 5.92 Å². The van der Waals surface area contributed by atoms with E-state index in [-0.39, 0.29) is 5.91 Å². The van der Waals surface area contributed by atoms with Crippen LogP contribution >= 0.6 is 0 Å². The molecule has 3 rings (SSSR count). The van der Waals surface area contributed by atoms with E-state index in [0.29, 0.717) is 11.4 Å². The predicted octanol–water partition coefficient (Wildman–Crippen LogP) is 3.03. The molecule has 132 valence electrons. The van der Waals surface area contributed by atoms with E-state index in [9.17, 15) is 4.79 Å². The molecule has 6 heteroatoms. The van der Waals surface area contributed by atoms with E-state index < -0.39 is 0 Å². The van der Waals surface area contributed by atoms with Crippen LogP contribution in [0.25, 0.3) is 0 Å². The molecule has 1 aliphatic heterocycles. The molecule has 25 heavy (non-hydrogen) atoms. The minimum absolute atomic E-state index is 0.165. The van der Waals surface area contributed by atoms with Crippen LogP contribution in [0.15, 0.2) is 36.7 Å². The van der Waals surface area contributed by atoms with Crippen LogP contribution in [0.4, 0.5) is 17.3 Å². The lowest BCUT2D eigenvalue weighted by atomic mass is 9.99. The molecule has 0 saturated carbocycles. The lowest BCUT2D eigenvalue weighted by Gasteiger charge is -2.31. The van der Waals surface area contributed by atoms with Gasteiger partial charge in [-0.2, -0.15) is 0 Å². The SMILES string of the molecule is CC1CCN(c2cc(NC(=O)c3ccc(N(C)C)cc3)ncn2)CC1. The maximum absolute atomic E-state index is 12.4. The Morgan fingerprint density at radius 1 is 1.16 bits per heavy atom. The van der Waals surface area contributed by atoms with Gasteiger partial charge in [0.05, 0.1) is 0 Å². The van der Waals surface area contributed by atoms with Gasteiger partial charge in [-0.3, -0.25) is 4.79 Å². The van der Waals surface area contributed by atoms with Crippen molar-refractivity contribution < 1.29 is 4.79 Å². The van der Waals surface area contributed by atoms with E-state index in [2.05, 4.69) is 27.1 Å². The van der Waals surface area contributed by atoms with Crippen LogP contribution in [-0.2, 0) is 0 Å². The Kier molecular flexibility index (Phi) is 5.16. The first kappa shape index (κ1) is 17.2. The highest BCUT2D eigenvalue weighted by Crippen LogP contribution is 2.22. The minimum atomic E-state index is -0.165. The third-order valence-electron chi connectivity index (χ3n) is 4.65. The first-order valence-electron chi connectivity index (χ1n) is 8.68. The summed E-state index contributed by atoms with van der Waals surface area (Å²) in [6.45, 7) is 4.28. The summed E-state index contributed by atoms with van der Waals surface area (Å²) in [6.07, 6.45) is 3.85. The first-order chi connectivity index (χ1) is 12.0. The van der Waals surface area contributed by atoms with Gasteiger partial charge in [-0.05, 0) is 43.0 Å². The Morgan fingerprint density at radius 2 is 1.84 bits per heavy atom. The van der Waals surface area contributed by atoms with Crippen LogP contribution in [0.5, 0.6) is 0 Å². The van der Waals surface area contributed by atoms with Crippen molar-refractivity contribution in [3.63, 3.8) is 0 Å². The van der Waals surface area contributed by atoms with Crippen molar-refractivity contribution in [1.29, 1.82) is 0 Å². The van der Waals surface area contributed by atoms with Crippen molar-refractivity contribution in [2.24, 2.45) is 5.92 Å². The molecule has 1 saturated heterocycles. The van der Waals surface area contributed by atoms with E-state index in [1.807, 2.05) is 49.3 Å². The number of hydrogen-bond donors (Lipinski definition) is 1. The van der Waals surface area contributed by atoms with Gasteiger partial charge in [0.25, 0.3) is 5.91 Å². The maximum Gasteiger partial charge on any atom is 0.256 e. The predicted molar refractivity (Wildman–Crippen MR) is 101 cm³/mol. The number of hydrogen-bond acceptors (Lipinski definition) is 5. The van der Waals surface area contributed by atoms with Crippen molar-refractivity contribution in [1.82, 2.24) is 9.97 Å². The summed E-state index contributed by atoms with van der Waals surface area (Å²) < 4.78 is 0. The van der Waals surface area contributed by atoms with Crippen LogP contribution in [0.1, 0.15) is 30.1 Å². The number of piperidine rings is 1. The largest absolute Gasteiger partial charge is 0.378 e. The molecule has 0 unspecified atom stereocenters. The number of rotatable bonds is 4. The van der Waals surface area contributed by atoms with E-state index in [1.54, 1.807) is 0 Å². The van der Waals surface area contributed by atoms with E-state index in [4.69, 9.17) is 0 Å². The summed E-state index contributed by atoms with van der Waals surface area (Å²) in [6, 6.07) is 9.34. The fourth-order valence-corrected chi connectivity index (χ4v) is 2.93. The van der Waals surface area contributed by atoms with Crippen molar-refractivity contribution in [2.75, 3.05) is 42.3 Å². The minimum Gasteiger partial charge on any atom is -0.378 e. The topological polar surface area (TPSA) is 61.4 Å². The number of carbonyl (C=O) groups excluding carboxylic acids is 1. The Bertz CT molecular complexity index is 721. The number of anilines is 3. The molecule has 6 nitrogen and oxygen atoms in total. The third-order valence-corrected chi connectivity index (χ3v) is 4.65. The molecule has 2 aromatic rings. The molecule has 1 fully saturated rings. The second-order valence-electron chi connectivity index (χ2n) is 6.83. The van der Waals surface area contributed by atoms with Gasteiger partial charge in [0.1, 0.15) is 18.0 Å². The van der Waals surface area contributed by atoms with Crippen molar-refractivity contribution >= 4 is 23.2 Å². The normalized spacial score (nSPS) is 15.1. The average Bonchev–Trinajstić information content (AvgIpc) is 2.62. The van der Waals surface area contributed by atoms with Crippen molar-refractivity contribution in [3.05, 3.63) is 42.2 Å². The summed E-state index contributed by atoms with van der Waals surface area (Å²) in [7, 11) is 3.94. The zero-order valence-corrected chi connectivity index (χ0v) is 15.1. The first-order valence-corrected chi connectivity index (χ1v) is 8.68. The van der Waals surface area contributed by atoms with E-state index >= 15 is 0 Å². The van der Waals surface area contributed by atoms with Gasteiger partial charge in [-0.25, -0.2) is 9.97 Å². The van der Waals surface area contributed by atoms with Crippen LogP contribution in [0.3, 0.4) is 0 Å². The summed E-state index contributed by atoms with van der Waals surface area (Å²) in [4.78, 5) is 25.2. The van der Waals surface area contributed by atoms with Gasteiger partial charge in [0.15, 0.2) is 0 Å². The molecule has 0 aliphatic carbocycles. The van der Waals surface area contributed by atoms with Gasteiger partial charge < -0.3 is 15.1 Å². The van der Waals surface area contributed by atoms with Gasteiger partial charge >= 0.3 is 0 Å². The molecule has 0 atom stereocenters. The average molecular weight is 339 g/mol. The van der Waals surface area contributed by atoms with Crippen LogP contribution in [0.2, 0.25) is 0 Å². The number of aromatic nitrogens is 2. The van der Waals surface area contributed by atoms with Crippen molar-refractivity contribution in [3.8, 4) is 0 Å². The number of carbonyl (C=O) groups is 1. The molecule has 1 aromatic carbocycles. The molecular weight excluding hydrogens is 314 g/mol. The van der Waals surface area contributed by atoms with Gasteiger partial charge in [-0.1, -0.05) is 6.92 Å². The summed E-state index contributed by atoms with van der Waals surface area (Å²) >= 11 is 0. The highest BCUT2D eigenvalue weighted by molar-refractivity contribution is 6.04. The lowest BCUT2D eigenvalue weighted by molar-refractivity contribution is 0.102. The molecule has 0 bridgehead atoms. The smallest absolute Gasteiger partial charge is 0.256 e. The molecule has 1 aromatic heterocycles. The Hall–Kier alpha value is -2.63. The fraction of sp³-hybridized carbons (Fsp3) is 0.421. The zero-order chi connectivity index (χ0) is 17.8. The molecular formula is C19H25N5O. The molecule has 0 spiro atoms. The maximum atomic E-state index is 12.4. The van der Waals surface area contributed by atoms with E-state index in [1.165, 1.54) is 19.2 Å². The standard InChI is InChI=1S/C19H25N5O/c1-14-8-10-24(11-9-14)18-12-17(20-13-21-18)22-19(25)15-4-6-16(7-5-15)23(2)3/h4-7,12-14H,8-11H2,1-3H3,(H,20,21,22,25). The van der Waals surface area contributed by atoms with Gasteiger partial charge in [-0.15, -0.1) is 0 Å². The Labute approximate surface area is 148 Å². The Balaban J connectivity index is 1.68. The quantitative estimate of drug-likeness (QED) is 0.928. The molecule has 1 amide bonds. The summed E-state index contributed by atoms with van der Waals surface area (Å²) in [5.41, 5.74) is 1.66. The number of benzene rings is 1. The third kappa shape index (κ3) is 4.26. The fourth-order valence-electron chi connectivity index (χ4n) is 2.93. The second kappa shape index (κ2) is 7.51. The number of amides is 1. The summed E-state index contributed by atoms with van der Waals surface area (Å²) in [5, 5.41) is 2.86. The molecule has 0 radical (unpaired) electrons. The second-order valence-corrected chi connectivity index (χ2v) is 6.83. The molecule has 2 heterocycles. The lowest BCUT2D eigenvalue weighted by Crippen LogP contribution is -2.33. The van der Waals surface area contributed by atoms with E-state index in [0.717, 1.165) is 30.5 Å².